The third-order valence-corrected chi connectivity index (χ3v) is 4.55. The fraction of sp³-hybridized carbons (Fsp3) is 0.455. The number of aromatic nitrogens is 2. The van der Waals surface area contributed by atoms with Crippen molar-refractivity contribution in [2.24, 2.45) is 4.99 Å². The van der Waals surface area contributed by atoms with Gasteiger partial charge in [0.05, 0.1) is 10.6 Å². The zero-order chi connectivity index (χ0) is 24.6. The molecule has 2 rings (SSSR count). The monoisotopic (exact) mass is 456 g/mol. The summed E-state index contributed by atoms with van der Waals surface area (Å²) in [5, 5.41) is 14.5. The smallest absolute Gasteiger partial charge is 0.329 e. The van der Waals surface area contributed by atoms with Gasteiger partial charge in [0.1, 0.15) is 17.8 Å². The zero-order valence-corrected chi connectivity index (χ0v) is 19.4. The Balaban J connectivity index is 2.44. The molecule has 0 unspecified atom stereocenters. The molecule has 0 saturated carbocycles. The Morgan fingerprint density at radius 3 is 2.42 bits per heavy atom. The molecule has 1 heterocycles. The van der Waals surface area contributed by atoms with Crippen LogP contribution in [0.3, 0.4) is 0 Å². The van der Waals surface area contributed by atoms with Crippen molar-refractivity contribution in [3.8, 4) is 0 Å². The van der Waals surface area contributed by atoms with E-state index in [0.717, 1.165) is 11.8 Å². The summed E-state index contributed by atoms with van der Waals surface area (Å²) in [5.41, 5.74) is 0.0358. The average Bonchev–Trinajstić information content (AvgIpc) is 2.74. The highest BCUT2D eigenvalue weighted by Gasteiger charge is 2.29. The van der Waals surface area contributed by atoms with Crippen molar-refractivity contribution >= 4 is 35.2 Å². The molecule has 0 aliphatic rings. The number of nitro groups is 1. The van der Waals surface area contributed by atoms with Crippen LogP contribution in [0.4, 0.5) is 23.1 Å². The minimum absolute atomic E-state index is 0.0741. The van der Waals surface area contributed by atoms with Crippen LogP contribution in [-0.4, -0.2) is 51.7 Å². The number of benzene rings is 1. The summed E-state index contributed by atoms with van der Waals surface area (Å²) in [6.45, 7) is 10.3. The van der Waals surface area contributed by atoms with Gasteiger partial charge in [0.25, 0.3) is 0 Å². The summed E-state index contributed by atoms with van der Waals surface area (Å²) < 4.78 is 5.53. The van der Waals surface area contributed by atoms with Gasteiger partial charge in [0, 0.05) is 19.5 Å². The Hall–Kier alpha value is -3.85. The lowest BCUT2D eigenvalue weighted by Gasteiger charge is -2.25. The Morgan fingerprint density at radius 2 is 1.91 bits per heavy atom. The summed E-state index contributed by atoms with van der Waals surface area (Å²) in [7, 11) is 0. The molecule has 0 saturated heterocycles. The van der Waals surface area contributed by atoms with Gasteiger partial charge in [-0.15, -0.1) is 0 Å². The number of hydrogen-bond acceptors (Lipinski definition) is 10. The molecule has 0 aliphatic heterocycles. The molecule has 1 N–H and O–H groups in total. The number of isocyanates is 1. The van der Waals surface area contributed by atoms with Crippen molar-refractivity contribution in [2.75, 3.05) is 23.3 Å². The number of aliphatic imine (C=N–C) groups is 1. The molecule has 0 bridgehead atoms. The highest BCUT2D eigenvalue weighted by molar-refractivity contribution is 5.81. The molecule has 2 aromatic rings. The molecule has 0 amide bonds. The first kappa shape index (κ1) is 25.4. The Kier molecular flexibility index (Phi) is 8.58. The van der Waals surface area contributed by atoms with Gasteiger partial charge >= 0.3 is 11.7 Å². The van der Waals surface area contributed by atoms with Gasteiger partial charge in [0.2, 0.25) is 17.8 Å². The number of carbonyl (C=O) groups is 1. The van der Waals surface area contributed by atoms with Crippen molar-refractivity contribution in [2.45, 2.75) is 52.7 Å². The molecule has 1 aromatic heterocycles. The van der Waals surface area contributed by atoms with Crippen molar-refractivity contribution < 1.29 is 19.2 Å². The van der Waals surface area contributed by atoms with E-state index >= 15 is 0 Å². The van der Waals surface area contributed by atoms with Crippen LogP contribution in [-0.2, 0) is 20.7 Å². The lowest BCUT2D eigenvalue weighted by Crippen LogP contribution is -2.38. The van der Waals surface area contributed by atoms with Gasteiger partial charge in [-0.2, -0.15) is 9.98 Å². The van der Waals surface area contributed by atoms with Crippen molar-refractivity contribution in [1.29, 1.82) is 0 Å². The molecule has 1 atom stereocenters. The van der Waals surface area contributed by atoms with Crippen LogP contribution in [0, 0.1) is 10.1 Å². The Bertz CT molecular complexity index is 1020. The van der Waals surface area contributed by atoms with Gasteiger partial charge in [-0.05, 0) is 52.3 Å². The normalized spacial score (nSPS) is 11.8. The van der Waals surface area contributed by atoms with E-state index in [1.54, 1.807) is 45.0 Å². The van der Waals surface area contributed by atoms with Crippen LogP contribution in [0.1, 0.15) is 40.2 Å². The van der Waals surface area contributed by atoms with Crippen LogP contribution in [0.5, 0.6) is 0 Å². The fourth-order valence-electron chi connectivity index (χ4n) is 2.99. The first-order valence-corrected chi connectivity index (χ1v) is 10.5. The van der Waals surface area contributed by atoms with Crippen LogP contribution < -0.4 is 10.2 Å². The second kappa shape index (κ2) is 11.1. The number of carbonyl (C=O) groups excluding carboxylic acids is 2. The number of hydrogen-bond donors (Lipinski definition) is 1. The lowest BCUT2D eigenvalue weighted by atomic mass is 10.0. The Morgan fingerprint density at radius 1 is 1.27 bits per heavy atom. The van der Waals surface area contributed by atoms with Crippen LogP contribution >= 0.6 is 0 Å². The predicted octanol–water partition coefficient (Wildman–Crippen LogP) is 3.56. The number of esters is 1. The Labute approximate surface area is 192 Å². The molecule has 0 fully saturated rings. The second-order valence-corrected chi connectivity index (χ2v) is 8.14. The molecule has 176 valence electrons. The summed E-state index contributed by atoms with van der Waals surface area (Å²) in [5.74, 6) is -0.350. The summed E-state index contributed by atoms with van der Waals surface area (Å²) in [4.78, 5) is 48.2. The molecule has 11 nitrogen and oxygen atoms in total. The predicted molar refractivity (Wildman–Crippen MR) is 123 cm³/mol. The van der Waals surface area contributed by atoms with E-state index in [0.29, 0.717) is 24.7 Å². The zero-order valence-electron chi connectivity index (χ0n) is 19.4. The maximum absolute atomic E-state index is 13.0. The fourth-order valence-corrected chi connectivity index (χ4v) is 2.99. The van der Waals surface area contributed by atoms with E-state index in [-0.39, 0.29) is 17.9 Å². The molecular weight excluding hydrogens is 428 g/mol. The largest absolute Gasteiger partial charge is 0.458 e. The van der Waals surface area contributed by atoms with E-state index in [1.807, 2.05) is 18.7 Å². The summed E-state index contributed by atoms with van der Waals surface area (Å²) >= 11 is 0. The van der Waals surface area contributed by atoms with Crippen molar-refractivity contribution in [3.05, 3.63) is 46.1 Å². The van der Waals surface area contributed by atoms with Gasteiger partial charge < -0.3 is 15.0 Å². The molecular formula is C22H28N6O5. The maximum atomic E-state index is 13.0. The quantitative estimate of drug-likeness (QED) is 0.187. The van der Waals surface area contributed by atoms with Gasteiger partial charge in [-0.25, -0.2) is 14.6 Å². The SMILES string of the molecule is CCN(CC)c1ncc([N+](=O)[O-])c(N[C@@H](Cc2ccc(N=C=O)cc2)C(=O)OC(C)(C)C)n1. The van der Waals surface area contributed by atoms with E-state index in [9.17, 15) is 19.7 Å². The van der Waals surface area contributed by atoms with Crippen molar-refractivity contribution in [1.82, 2.24) is 9.97 Å². The minimum atomic E-state index is -0.970. The second-order valence-electron chi connectivity index (χ2n) is 8.14. The van der Waals surface area contributed by atoms with Crippen LogP contribution in [0.25, 0.3) is 0 Å². The average molecular weight is 457 g/mol. The number of nitrogens with one attached hydrogen (secondary N) is 1. The van der Waals surface area contributed by atoms with Gasteiger partial charge in [-0.1, -0.05) is 12.1 Å². The highest BCUT2D eigenvalue weighted by Crippen LogP contribution is 2.26. The number of rotatable bonds is 10. The van der Waals surface area contributed by atoms with E-state index in [1.165, 1.54) is 6.08 Å². The van der Waals surface area contributed by atoms with Gasteiger partial charge in [-0.3, -0.25) is 10.1 Å². The minimum Gasteiger partial charge on any atom is -0.458 e. The lowest BCUT2D eigenvalue weighted by molar-refractivity contribution is -0.384. The van der Waals surface area contributed by atoms with Gasteiger partial charge in [0.15, 0.2) is 0 Å². The summed E-state index contributed by atoms with van der Waals surface area (Å²) in [6, 6.07) is 5.65. The van der Waals surface area contributed by atoms with E-state index < -0.39 is 22.5 Å². The molecule has 11 heteroatoms. The highest BCUT2D eigenvalue weighted by atomic mass is 16.6. The summed E-state index contributed by atoms with van der Waals surface area (Å²) in [6.07, 6.45) is 2.75. The molecule has 0 radical (unpaired) electrons. The van der Waals surface area contributed by atoms with E-state index in [2.05, 4.69) is 20.3 Å². The molecule has 0 spiro atoms. The van der Waals surface area contributed by atoms with Crippen LogP contribution in [0.15, 0.2) is 35.5 Å². The van der Waals surface area contributed by atoms with E-state index in [4.69, 9.17) is 4.74 Å². The molecule has 0 aliphatic carbocycles. The molecule has 33 heavy (non-hydrogen) atoms. The van der Waals surface area contributed by atoms with Crippen LogP contribution in [0.2, 0.25) is 0 Å². The van der Waals surface area contributed by atoms with Crippen molar-refractivity contribution in [3.63, 3.8) is 0 Å². The molecule has 1 aromatic carbocycles. The maximum Gasteiger partial charge on any atom is 0.329 e. The first-order valence-electron chi connectivity index (χ1n) is 10.5. The topological polar surface area (TPSA) is 140 Å². The third-order valence-electron chi connectivity index (χ3n) is 4.55. The number of anilines is 2. The standard InChI is InChI=1S/C22H28N6O5/c1-6-27(7-2)21-23-13-18(28(31)32)19(26-21)25-17(20(30)33-22(3,4)5)12-15-8-10-16(11-9-15)24-14-29/h8-11,13,17H,6-7,12H2,1-5H3,(H,23,25,26)/t17-/m0/s1. The first-order chi connectivity index (χ1) is 15.6. The number of nitrogens with zero attached hydrogens (tertiary/aromatic N) is 5. The third kappa shape index (κ3) is 7.36. The number of ether oxygens (including phenoxy) is 1.